The Kier molecular flexibility index (Phi) is 5.09. The van der Waals surface area contributed by atoms with Gasteiger partial charge in [-0.3, -0.25) is 4.98 Å². The molecule has 2 aromatic carbocycles. The van der Waals surface area contributed by atoms with Crippen LogP contribution in [0.2, 0.25) is 0 Å². The largest absolute Gasteiger partial charge is 0.322 e. The monoisotopic (exact) mass is 424 g/mol. The Labute approximate surface area is 184 Å². The molecule has 1 N–H and O–H groups in total. The molecule has 3 heterocycles. The van der Waals surface area contributed by atoms with E-state index in [-0.39, 0.29) is 0 Å². The summed E-state index contributed by atoms with van der Waals surface area (Å²) >= 11 is 1.61. The number of hydrogen-bond acceptors (Lipinski definition) is 6. The molecule has 0 unspecified atom stereocenters. The smallest absolute Gasteiger partial charge is 0.227 e. The Hall–Kier alpha value is -3.71. The number of benzene rings is 2. The van der Waals surface area contributed by atoms with Crippen LogP contribution in [0.5, 0.6) is 0 Å². The van der Waals surface area contributed by atoms with Crippen molar-refractivity contribution in [1.82, 2.24) is 24.7 Å². The van der Waals surface area contributed by atoms with Gasteiger partial charge in [-0.25, -0.2) is 14.6 Å². The Morgan fingerprint density at radius 1 is 0.935 bits per heavy atom. The quantitative estimate of drug-likeness (QED) is 0.368. The number of anilines is 2. The summed E-state index contributed by atoms with van der Waals surface area (Å²) in [6.45, 7) is 2.07. The van der Waals surface area contributed by atoms with Crippen molar-refractivity contribution in [3.05, 3.63) is 84.9 Å². The van der Waals surface area contributed by atoms with Crippen LogP contribution in [0.3, 0.4) is 0 Å². The second-order valence-electron chi connectivity index (χ2n) is 7.02. The lowest BCUT2D eigenvalue weighted by atomic mass is 10.1. The average molecular weight is 425 g/mol. The molecule has 0 aliphatic rings. The van der Waals surface area contributed by atoms with Gasteiger partial charge in [-0.2, -0.15) is 5.10 Å². The number of thioether (sulfide) groups is 1. The number of rotatable bonds is 5. The predicted octanol–water partition coefficient (Wildman–Crippen LogP) is 5.65. The lowest BCUT2D eigenvalue weighted by Crippen LogP contribution is -2.00. The van der Waals surface area contributed by atoms with Crippen molar-refractivity contribution in [2.75, 3.05) is 11.6 Å². The van der Waals surface area contributed by atoms with Crippen molar-refractivity contribution >= 4 is 34.2 Å². The predicted molar refractivity (Wildman–Crippen MR) is 126 cm³/mol. The first-order valence-electron chi connectivity index (χ1n) is 9.87. The van der Waals surface area contributed by atoms with E-state index < -0.39 is 0 Å². The molecule has 0 saturated heterocycles. The summed E-state index contributed by atoms with van der Waals surface area (Å²) in [6.07, 6.45) is 7.45. The van der Waals surface area contributed by atoms with E-state index in [0.29, 0.717) is 5.95 Å². The fourth-order valence-corrected chi connectivity index (χ4v) is 4.25. The first kappa shape index (κ1) is 19.3. The number of fused-ring (bicyclic) bond motifs is 1. The Morgan fingerprint density at radius 2 is 1.74 bits per heavy atom. The molecular formula is C24H20N6S. The molecule has 0 fully saturated rings. The van der Waals surface area contributed by atoms with E-state index in [4.69, 9.17) is 10.1 Å². The molecule has 31 heavy (non-hydrogen) atoms. The highest BCUT2D eigenvalue weighted by Gasteiger charge is 2.18. The van der Waals surface area contributed by atoms with Gasteiger partial charge < -0.3 is 5.32 Å². The summed E-state index contributed by atoms with van der Waals surface area (Å²) in [7, 11) is 0. The molecule has 5 aromatic rings. The van der Waals surface area contributed by atoms with Crippen LogP contribution in [0.15, 0.2) is 84.3 Å². The van der Waals surface area contributed by atoms with Crippen LogP contribution in [0.4, 0.5) is 11.6 Å². The normalized spacial score (nSPS) is 11.0. The molecule has 6 nitrogen and oxygen atoms in total. The van der Waals surface area contributed by atoms with Crippen LogP contribution >= 0.6 is 11.8 Å². The highest BCUT2D eigenvalue weighted by Crippen LogP contribution is 2.33. The van der Waals surface area contributed by atoms with Crippen molar-refractivity contribution in [2.24, 2.45) is 0 Å². The molecule has 0 bridgehead atoms. The molecule has 7 heteroatoms. The fraction of sp³-hybridized carbons (Fsp3) is 0.0833. The van der Waals surface area contributed by atoms with Crippen molar-refractivity contribution in [2.45, 2.75) is 11.9 Å². The Bertz CT molecular complexity index is 1360. The maximum atomic E-state index is 4.82. The number of pyridine rings is 1. The van der Waals surface area contributed by atoms with Crippen LogP contribution in [0.25, 0.3) is 27.7 Å². The van der Waals surface area contributed by atoms with Gasteiger partial charge in [0.05, 0.1) is 34.5 Å². The minimum Gasteiger partial charge on any atom is -0.322 e. The summed E-state index contributed by atoms with van der Waals surface area (Å²) in [5.74, 6) is 0.523. The molecule has 0 aliphatic heterocycles. The third-order valence-corrected chi connectivity index (χ3v) is 5.78. The topological polar surface area (TPSA) is 68.5 Å². The second kappa shape index (κ2) is 8.20. The van der Waals surface area contributed by atoms with E-state index in [0.717, 1.165) is 44.1 Å². The fourth-order valence-electron chi connectivity index (χ4n) is 3.63. The van der Waals surface area contributed by atoms with Gasteiger partial charge in [0.1, 0.15) is 5.03 Å². The summed E-state index contributed by atoms with van der Waals surface area (Å²) in [5, 5.41) is 11.2. The second-order valence-corrected chi connectivity index (χ2v) is 7.81. The van der Waals surface area contributed by atoms with Gasteiger partial charge >= 0.3 is 0 Å². The van der Waals surface area contributed by atoms with E-state index in [1.54, 1.807) is 24.2 Å². The third-order valence-electron chi connectivity index (χ3n) is 5.10. The van der Waals surface area contributed by atoms with Gasteiger partial charge in [0.15, 0.2) is 0 Å². The number of para-hydroxylation sites is 1. The van der Waals surface area contributed by atoms with Crippen LogP contribution in [-0.4, -0.2) is 31.0 Å². The van der Waals surface area contributed by atoms with Crippen molar-refractivity contribution in [1.29, 1.82) is 0 Å². The molecular weight excluding hydrogens is 404 g/mol. The first-order chi connectivity index (χ1) is 15.2. The highest BCUT2D eigenvalue weighted by molar-refractivity contribution is 7.98. The molecule has 0 saturated carbocycles. The molecule has 5 rings (SSSR count). The Morgan fingerprint density at radius 3 is 2.58 bits per heavy atom. The van der Waals surface area contributed by atoms with Gasteiger partial charge in [-0.05, 0) is 31.4 Å². The summed E-state index contributed by atoms with van der Waals surface area (Å²) in [4.78, 5) is 13.6. The minimum atomic E-state index is 0.523. The lowest BCUT2D eigenvalue weighted by molar-refractivity contribution is 0.814. The van der Waals surface area contributed by atoms with Crippen LogP contribution < -0.4 is 5.32 Å². The van der Waals surface area contributed by atoms with Crippen molar-refractivity contribution < 1.29 is 0 Å². The SMILES string of the molecule is CSc1nn(-c2ccccc2)c(C)c1-c1ccnc(Nc2cncc3ccccc23)n1. The van der Waals surface area contributed by atoms with Crippen molar-refractivity contribution in [3.8, 4) is 16.9 Å². The van der Waals surface area contributed by atoms with E-state index in [2.05, 4.69) is 28.3 Å². The van der Waals surface area contributed by atoms with Crippen molar-refractivity contribution in [3.63, 3.8) is 0 Å². The number of aromatic nitrogens is 5. The zero-order chi connectivity index (χ0) is 21.2. The maximum absolute atomic E-state index is 4.82. The summed E-state index contributed by atoms with van der Waals surface area (Å²) in [6, 6.07) is 20.2. The summed E-state index contributed by atoms with van der Waals surface area (Å²) < 4.78 is 1.96. The molecule has 152 valence electrons. The molecule has 3 aromatic heterocycles. The van der Waals surface area contributed by atoms with Crippen LogP contribution in [0, 0.1) is 6.92 Å². The third kappa shape index (κ3) is 3.64. The first-order valence-corrected chi connectivity index (χ1v) is 11.1. The van der Waals surface area contributed by atoms with E-state index >= 15 is 0 Å². The van der Waals surface area contributed by atoms with Crippen LogP contribution in [0.1, 0.15) is 5.69 Å². The molecule has 0 spiro atoms. The van der Waals surface area contributed by atoms with E-state index in [1.807, 2.05) is 71.7 Å². The standard InChI is InChI=1S/C24H20N6S/c1-16-22(23(31-2)29-30(16)18-9-4-3-5-10-18)20-12-13-26-24(27-20)28-21-15-25-14-17-8-6-7-11-19(17)21/h3-15H,1-2H3,(H,26,27,28). The Balaban J connectivity index is 1.56. The average Bonchev–Trinajstić information content (AvgIpc) is 3.16. The maximum Gasteiger partial charge on any atom is 0.227 e. The molecule has 0 amide bonds. The molecule has 0 radical (unpaired) electrons. The molecule has 0 aliphatic carbocycles. The van der Waals surface area contributed by atoms with Gasteiger partial charge in [0.2, 0.25) is 5.95 Å². The van der Waals surface area contributed by atoms with Gasteiger partial charge in [0, 0.05) is 23.2 Å². The number of hydrogen-bond donors (Lipinski definition) is 1. The van der Waals surface area contributed by atoms with Gasteiger partial charge in [-0.15, -0.1) is 11.8 Å². The molecule has 0 atom stereocenters. The van der Waals surface area contributed by atoms with Gasteiger partial charge in [0.25, 0.3) is 0 Å². The van der Waals surface area contributed by atoms with Crippen LogP contribution in [-0.2, 0) is 0 Å². The lowest BCUT2D eigenvalue weighted by Gasteiger charge is -2.09. The number of nitrogens with one attached hydrogen (secondary N) is 1. The minimum absolute atomic E-state index is 0.523. The zero-order valence-electron chi connectivity index (χ0n) is 17.1. The zero-order valence-corrected chi connectivity index (χ0v) is 18.0. The van der Waals surface area contributed by atoms with Gasteiger partial charge in [-0.1, -0.05) is 42.5 Å². The van der Waals surface area contributed by atoms with E-state index in [1.165, 1.54) is 0 Å². The number of nitrogens with zero attached hydrogens (tertiary/aromatic N) is 5. The highest BCUT2D eigenvalue weighted by atomic mass is 32.2. The van der Waals surface area contributed by atoms with E-state index in [9.17, 15) is 0 Å². The summed E-state index contributed by atoms with van der Waals surface area (Å²) in [5.41, 5.74) is 4.77.